The maximum absolute atomic E-state index is 12.6. The van der Waals surface area contributed by atoms with Gasteiger partial charge in [0.1, 0.15) is 5.75 Å². The monoisotopic (exact) mass is 439 g/mol. The summed E-state index contributed by atoms with van der Waals surface area (Å²) in [4.78, 5) is 26.5. The first kappa shape index (κ1) is 23.9. The van der Waals surface area contributed by atoms with Crippen LogP contribution in [0.3, 0.4) is 0 Å². The van der Waals surface area contributed by atoms with Gasteiger partial charge >= 0.3 is 0 Å². The van der Waals surface area contributed by atoms with E-state index in [9.17, 15) is 9.59 Å². The molecular formula is C26H37N3O3. The highest BCUT2D eigenvalue weighted by atomic mass is 16.5. The van der Waals surface area contributed by atoms with Crippen molar-refractivity contribution in [3.05, 3.63) is 40.7 Å². The number of nitrogens with zero attached hydrogens (tertiary/aromatic N) is 2. The molecule has 1 aromatic carbocycles. The van der Waals surface area contributed by atoms with Crippen LogP contribution in [-0.4, -0.2) is 41.5 Å². The lowest BCUT2D eigenvalue weighted by atomic mass is 9.96. The largest absolute Gasteiger partial charge is 0.496 e. The van der Waals surface area contributed by atoms with E-state index in [1.165, 1.54) is 5.69 Å². The van der Waals surface area contributed by atoms with Gasteiger partial charge in [-0.15, -0.1) is 0 Å². The molecule has 6 heteroatoms. The van der Waals surface area contributed by atoms with Gasteiger partial charge in [0.05, 0.1) is 12.7 Å². The first-order valence-corrected chi connectivity index (χ1v) is 11.8. The molecule has 32 heavy (non-hydrogen) atoms. The number of hydrogen-bond donors (Lipinski definition) is 1. The van der Waals surface area contributed by atoms with E-state index in [0.717, 1.165) is 86.3 Å². The Hall–Kier alpha value is -2.76. The highest BCUT2D eigenvalue weighted by Crippen LogP contribution is 2.36. The summed E-state index contributed by atoms with van der Waals surface area (Å²) in [7, 11) is 1.67. The fourth-order valence-corrected chi connectivity index (χ4v) is 4.91. The molecule has 1 aliphatic rings. The van der Waals surface area contributed by atoms with Crippen molar-refractivity contribution < 1.29 is 14.3 Å². The van der Waals surface area contributed by atoms with Gasteiger partial charge in [-0.1, -0.05) is 25.8 Å². The smallest absolute Gasteiger partial charge is 0.251 e. The van der Waals surface area contributed by atoms with Crippen LogP contribution in [0.15, 0.2) is 18.2 Å². The Balaban J connectivity index is 2.01. The van der Waals surface area contributed by atoms with E-state index in [1.807, 2.05) is 30.9 Å². The number of carbonyl (C=O) groups is 2. The average Bonchev–Trinajstić information content (AvgIpc) is 3.29. The van der Waals surface area contributed by atoms with Gasteiger partial charge in [-0.3, -0.25) is 9.59 Å². The molecule has 0 radical (unpaired) electrons. The van der Waals surface area contributed by atoms with E-state index < -0.39 is 5.91 Å². The molecule has 0 bridgehead atoms. The lowest BCUT2D eigenvalue weighted by Crippen LogP contribution is -2.26. The van der Waals surface area contributed by atoms with Crippen LogP contribution in [0.1, 0.15) is 72.8 Å². The number of carbonyl (C=O) groups excluding carboxylic acids is 2. The van der Waals surface area contributed by atoms with Crippen molar-refractivity contribution in [1.29, 1.82) is 0 Å². The van der Waals surface area contributed by atoms with Crippen LogP contribution in [0.5, 0.6) is 5.75 Å². The number of aryl methyl sites for hydroxylation is 1. The number of unbranched alkanes of at least 4 members (excludes halogenated alkanes) is 2. The third-order valence-electron chi connectivity index (χ3n) is 6.56. The number of primary amides is 1. The van der Waals surface area contributed by atoms with Crippen LogP contribution >= 0.6 is 0 Å². The maximum atomic E-state index is 12.6. The van der Waals surface area contributed by atoms with Crippen LogP contribution in [0.25, 0.3) is 11.1 Å². The number of aromatic nitrogens is 1. The summed E-state index contributed by atoms with van der Waals surface area (Å²) < 4.78 is 7.70. The normalized spacial score (nSPS) is 13.8. The van der Waals surface area contributed by atoms with Crippen LogP contribution in [0.2, 0.25) is 0 Å². The summed E-state index contributed by atoms with van der Waals surface area (Å²) in [5.74, 6) is 0.689. The van der Waals surface area contributed by atoms with Gasteiger partial charge < -0.3 is 19.9 Å². The molecule has 2 N–H and O–H groups in total. The van der Waals surface area contributed by atoms with Crippen LogP contribution < -0.4 is 10.5 Å². The highest BCUT2D eigenvalue weighted by Gasteiger charge is 2.25. The molecule has 0 aliphatic carbocycles. The number of likely N-dealkylation sites (tertiary alicyclic amines) is 1. The second kappa shape index (κ2) is 10.7. The molecule has 0 saturated carbocycles. The Kier molecular flexibility index (Phi) is 7.99. The highest BCUT2D eigenvalue weighted by molar-refractivity contribution is 6.02. The van der Waals surface area contributed by atoms with Crippen molar-refractivity contribution in [2.24, 2.45) is 5.73 Å². The zero-order valence-electron chi connectivity index (χ0n) is 20.0. The van der Waals surface area contributed by atoms with Crippen molar-refractivity contribution in [2.75, 3.05) is 20.2 Å². The van der Waals surface area contributed by atoms with E-state index >= 15 is 0 Å². The van der Waals surface area contributed by atoms with Gasteiger partial charge in [-0.2, -0.15) is 0 Å². The quantitative estimate of drug-likeness (QED) is 0.519. The fourth-order valence-electron chi connectivity index (χ4n) is 4.91. The van der Waals surface area contributed by atoms with Crippen LogP contribution in [-0.2, 0) is 17.8 Å². The van der Waals surface area contributed by atoms with Gasteiger partial charge in [0.2, 0.25) is 5.91 Å². The predicted molar refractivity (Wildman–Crippen MR) is 128 cm³/mol. The summed E-state index contributed by atoms with van der Waals surface area (Å²) in [5.41, 5.74) is 11.6. The molecule has 3 rings (SSSR count). The topological polar surface area (TPSA) is 77.6 Å². The number of benzene rings is 1. The summed E-state index contributed by atoms with van der Waals surface area (Å²) in [6.45, 7) is 8.58. The predicted octanol–water partition coefficient (Wildman–Crippen LogP) is 4.62. The number of hydrogen-bond acceptors (Lipinski definition) is 3. The molecule has 0 atom stereocenters. The summed E-state index contributed by atoms with van der Waals surface area (Å²) in [6.07, 6.45) is 6.71. The van der Waals surface area contributed by atoms with Crippen LogP contribution in [0.4, 0.5) is 0 Å². The zero-order valence-corrected chi connectivity index (χ0v) is 20.0. The number of rotatable bonds is 11. The van der Waals surface area contributed by atoms with Crippen molar-refractivity contribution in [2.45, 2.75) is 72.3 Å². The molecule has 0 unspecified atom stereocenters. The van der Waals surface area contributed by atoms with Crippen molar-refractivity contribution in [3.8, 4) is 16.9 Å². The minimum atomic E-state index is -0.392. The lowest BCUT2D eigenvalue weighted by Gasteiger charge is -2.18. The summed E-state index contributed by atoms with van der Waals surface area (Å²) >= 11 is 0. The SMILES string of the molecule is CCCCCc1c(-c2ccc(OC)c(C)c2)c(C(N)=O)c(C)n1CCCN1CCCC1=O. The Bertz CT molecular complexity index is 977. The van der Waals surface area contributed by atoms with Crippen LogP contribution in [0, 0.1) is 13.8 Å². The first-order chi connectivity index (χ1) is 15.4. The van der Waals surface area contributed by atoms with E-state index in [2.05, 4.69) is 17.6 Å². The molecule has 2 aromatic rings. The van der Waals surface area contributed by atoms with Gasteiger partial charge in [0.25, 0.3) is 5.91 Å². The molecule has 174 valence electrons. The molecule has 6 nitrogen and oxygen atoms in total. The molecule has 0 spiro atoms. The molecule has 1 aliphatic heterocycles. The fraction of sp³-hybridized carbons (Fsp3) is 0.538. The van der Waals surface area contributed by atoms with Gasteiger partial charge in [-0.25, -0.2) is 0 Å². The zero-order chi connectivity index (χ0) is 23.3. The Morgan fingerprint density at radius 3 is 2.53 bits per heavy atom. The van der Waals surface area contributed by atoms with Gasteiger partial charge in [0, 0.05) is 43.0 Å². The number of ether oxygens (including phenoxy) is 1. The maximum Gasteiger partial charge on any atom is 0.251 e. The Morgan fingerprint density at radius 1 is 1.16 bits per heavy atom. The van der Waals surface area contributed by atoms with E-state index in [0.29, 0.717) is 12.0 Å². The average molecular weight is 440 g/mol. The van der Waals surface area contributed by atoms with Crippen molar-refractivity contribution in [1.82, 2.24) is 9.47 Å². The number of amides is 2. The summed E-state index contributed by atoms with van der Waals surface area (Å²) in [6, 6.07) is 6.05. The first-order valence-electron chi connectivity index (χ1n) is 11.8. The van der Waals surface area contributed by atoms with Gasteiger partial charge in [-0.05, 0) is 62.8 Å². The lowest BCUT2D eigenvalue weighted by molar-refractivity contribution is -0.127. The Morgan fingerprint density at radius 2 is 1.94 bits per heavy atom. The standard InChI is InChI=1S/C26H37N3O3/c1-5-6-7-10-21-25(20-12-13-22(32-4)18(2)17-20)24(26(27)31)19(3)29(21)16-9-15-28-14-8-11-23(28)30/h12-13,17H,5-11,14-16H2,1-4H3,(H2,27,31). The molecule has 2 heterocycles. The Labute approximate surface area is 191 Å². The number of nitrogens with two attached hydrogens (primary N) is 1. The second-order valence-corrected chi connectivity index (χ2v) is 8.78. The molecule has 1 aromatic heterocycles. The molecule has 2 amide bonds. The van der Waals surface area contributed by atoms with Gasteiger partial charge in [0.15, 0.2) is 0 Å². The third kappa shape index (κ3) is 5.00. The molecule has 1 fully saturated rings. The second-order valence-electron chi connectivity index (χ2n) is 8.78. The van der Waals surface area contributed by atoms with E-state index in [1.54, 1.807) is 7.11 Å². The summed E-state index contributed by atoms with van der Waals surface area (Å²) in [5, 5.41) is 0. The van der Waals surface area contributed by atoms with Crippen molar-refractivity contribution >= 4 is 11.8 Å². The third-order valence-corrected chi connectivity index (χ3v) is 6.56. The minimum Gasteiger partial charge on any atom is -0.496 e. The van der Waals surface area contributed by atoms with Crippen molar-refractivity contribution in [3.63, 3.8) is 0 Å². The number of methoxy groups -OCH3 is 1. The van der Waals surface area contributed by atoms with E-state index in [4.69, 9.17) is 10.5 Å². The minimum absolute atomic E-state index is 0.254. The van der Waals surface area contributed by atoms with E-state index in [-0.39, 0.29) is 5.91 Å². The molecule has 1 saturated heterocycles. The molecular weight excluding hydrogens is 402 g/mol.